The highest BCUT2D eigenvalue weighted by molar-refractivity contribution is 5.82. The maximum atomic E-state index is 11.1. The van der Waals surface area contributed by atoms with Crippen LogP contribution in [0.2, 0.25) is 0 Å². The van der Waals surface area contributed by atoms with Crippen molar-refractivity contribution < 1.29 is 4.79 Å². The average Bonchev–Trinajstić information content (AvgIpc) is 2.09. The Morgan fingerprint density at radius 2 is 2.23 bits per heavy atom. The molecule has 6 nitrogen and oxygen atoms in total. The summed E-state index contributed by atoms with van der Waals surface area (Å²) in [5, 5.41) is 0.0363. The Morgan fingerprint density at radius 1 is 1.46 bits per heavy atom. The molecule has 0 bridgehead atoms. The maximum Gasteiger partial charge on any atom is 0.285 e. The second-order valence-electron chi connectivity index (χ2n) is 2.56. The van der Waals surface area contributed by atoms with Crippen molar-refractivity contribution in [1.29, 1.82) is 0 Å². The fourth-order valence-corrected chi connectivity index (χ4v) is 1.04. The number of carbonyl (C=O) groups is 1. The lowest BCUT2D eigenvalue weighted by atomic mass is 10.4. The van der Waals surface area contributed by atoms with Crippen LogP contribution in [0.5, 0.6) is 0 Å². The van der Waals surface area contributed by atoms with Crippen LogP contribution in [0.25, 0.3) is 0 Å². The summed E-state index contributed by atoms with van der Waals surface area (Å²) in [5.41, 5.74) is 5.24. The third kappa shape index (κ3) is 1.17. The van der Waals surface area contributed by atoms with E-state index in [1.54, 1.807) is 0 Å². The predicted octanol–water partition coefficient (Wildman–Crippen LogP) is -2.56. The molecule has 1 aliphatic rings. The molecular formula is C7H6N4O2. The number of nitrogens with zero attached hydrogens (tertiary/aromatic N) is 2. The number of fused-ring (bicyclic) bond motifs is 1. The number of aromatic nitrogens is 1. The van der Waals surface area contributed by atoms with Crippen LogP contribution >= 0.6 is 0 Å². The van der Waals surface area contributed by atoms with Crippen LogP contribution in [0, 0.1) is 0 Å². The standard InChI is InChI=1S/C7H6N4O2/c8-5-7(13)10-4-3(12)1-2-9-6(4)11-5/h1-2,5H,8H2,(H,9,11). The van der Waals surface area contributed by atoms with Crippen molar-refractivity contribution in [3.8, 4) is 0 Å². The number of hydrogen-bond acceptors (Lipinski definition) is 4. The second kappa shape index (κ2) is 2.60. The first kappa shape index (κ1) is 7.81. The number of rotatable bonds is 0. The molecule has 0 aromatic carbocycles. The van der Waals surface area contributed by atoms with Gasteiger partial charge in [0.25, 0.3) is 5.91 Å². The van der Waals surface area contributed by atoms with E-state index in [1.165, 1.54) is 12.3 Å². The van der Waals surface area contributed by atoms with Crippen LogP contribution in [-0.2, 0) is 4.79 Å². The number of nitrogens with two attached hydrogens (primary N) is 1. The summed E-state index contributed by atoms with van der Waals surface area (Å²) < 4.78 is 0. The summed E-state index contributed by atoms with van der Waals surface area (Å²) >= 11 is 0. The molecule has 1 amide bonds. The van der Waals surface area contributed by atoms with Gasteiger partial charge in [-0.25, -0.2) is 9.98 Å². The van der Waals surface area contributed by atoms with Crippen molar-refractivity contribution >= 4 is 5.91 Å². The van der Waals surface area contributed by atoms with Crippen LogP contribution in [0.4, 0.5) is 0 Å². The number of amides is 1. The van der Waals surface area contributed by atoms with E-state index in [1.807, 2.05) is 0 Å². The highest BCUT2D eigenvalue weighted by Crippen LogP contribution is 1.84. The zero-order valence-electron chi connectivity index (χ0n) is 6.52. The quantitative estimate of drug-likeness (QED) is 0.457. The minimum Gasteiger partial charge on any atom is -0.345 e. The van der Waals surface area contributed by atoms with Gasteiger partial charge in [0, 0.05) is 12.3 Å². The van der Waals surface area contributed by atoms with Crippen molar-refractivity contribution in [1.82, 2.24) is 4.98 Å². The first-order chi connectivity index (χ1) is 6.18. The van der Waals surface area contributed by atoms with Gasteiger partial charge in [-0.2, -0.15) is 0 Å². The van der Waals surface area contributed by atoms with E-state index in [2.05, 4.69) is 15.0 Å². The van der Waals surface area contributed by atoms with Gasteiger partial charge in [0.2, 0.25) is 5.43 Å². The zero-order valence-corrected chi connectivity index (χ0v) is 6.52. The molecule has 0 fully saturated rings. The molecule has 2 rings (SSSR count). The summed E-state index contributed by atoms with van der Waals surface area (Å²) in [6.07, 6.45) is 0.438. The van der Waals surface area contributed by atoms with Gasteiger partial charge < -0.3 is 10.7 Å². The van der Waals surface area contributed by atoms with Gasteiger partial charge in [-0.05, 0) is 0 Å². The first-order valence-electron chi connectivity index (χ1n) is 3.62. The van der Waals surface area contributed by atoms with Crippen LogP contribution in [0.1, 0.15) is 0 Å². The number of carbonyl (C=O) groups excluding carboxylic acids is 1. The number of hydrogen-bond donors (Lipinski definition) is 2. The zero-order chi connectivity index (χ0) is 9.42. The van der Waals surface area contributed by atoms with Crippen molar-refractivity contribution in [3.05, 3.63) is 33.3 Å². The highest BCUT2D eigenvalue weighted by atomic mass is 16.2. The van der Waals surface area contributed by atoms with Crippen molar-refractivity contribution in [2.24, 2.45) is 15.7 Å². The largest absolute Gasteiger partial charge is 0.345 e. The Kier molecular flexibility index (Phi) is 1.56. The Labute approximate surface area is 71.8 Å². The average molecular weight is 178 g/mol. The maximum absolute atomic E-state index is 11.1. The minimum atomic E-state index is -0.995. The lowest BCUT2D eigenvalue weighted by molar-refractivity contribution is -0.119. The molecule has 1 aliphatic heterocycles. The van der Waals surface area contributed by atoms with Crippen LogP contribution in [0.3, 0.4) is 0 Å². The van der Waals surface area contributed by atoms with Crippen molar-refractivity contribution in [3.63, 3.8) is 0 Å². The van der Waals surface area contributed by atoms with Gasteiger partial charge in [0.05, 0.1) is 0 Å². The monoisotopic (exact) mass is 178 g/mol. The van der Waals surface area contributed by atoms with E-state index in [0.29, 0.717) is 0 Å². The Hall–Kier alpha value is -1.82. The van der Waals surface area contributed by atoms with E-state index < -0.39 is 12.1 Å². The molecule has 1 aromatic rings. The van der Waals surface area contributed by atoms with Gasteiger partial charge in [-0.15, -0.1) is 0 Å². The van der Waals surface area contributed by atoms with Crippen LogP contribution < -0.4 is 22.0 Å². The number of pyridine rings is 1. The molecule has 0 spiro atoms. The fraction of sp³-hybridized carbons (Fsp3) is 0.143. The summed E-state index contributed by atoms with van der Waals surface area (Å²) in [5.74, 6) is -0.593. The van der Waals surface area contributed by atoms with Gasteiger partial charge in [-0.3, -0.25) is 9.59 Å². The molecule has 3 N–H and O–H groups in total. The Balaban J connectivity index is 2.93. The number of H-pyrrole nitrogens is 1. The van der Waals surface area contributed by atoms with Crippen molar-refractivity contribution in [2.45, 2.75) is 6.17 Å². The summed E-state index contributed by atoms with van der Waals surface area (Å²) in [6.45, 7) is 0. The summed E-state index contributed by atoms with van der Waals surface area (Å²) in [4.78, 5) is 32.1. The molecule has 0 radical (unpaired) electrons. The summed E-state index contributed by atoms with van der Waals surface area (Å²) in [6, 6.07) is 1.28. The molecule has 0 aliphatic carbocycles. The molecule has 66 valence electrons. The normalized spacial score (nSPS) is 20.1. The van der Waals surface area contributed by atoms with Gasteiger partial charge >= 0.3 is 0 Å². The smallest absolute Gasteiger partial charge is 0.285 e. The summed E-state index contributed by atoms with van der Waals surface area (Å²) in [7, 11) is 0. The number of nitrogens with one attached hydrogen (secondary N) is 1. The van der Waals surface area contributed by atoms with E-state index in [4.69, 9.17) is 5.73 Å². The molecule has 1 aromatic heterocycles. The highest BCUT2D eigenvalue weighted by Gasteiger charge is 2.15. The molecule has 1 unspecified atom stereocenters. The first-order valence-corrected chi connectivity index (χ1v) is 3.62. The van der Waals surface area contributed by atoms with Crippen molar-refractivity contribution in [2.75, 3.05) is 0 Å². The molecular weight excluding hydrogens is 172 g/mol. The second-order valence-corrected chi connectivity index (χ2v) is 2.56. The topological polar surface area (TPSA) is 101 Å². The molecule has 13 heavy (non-hydrogen) atoms. The third-order valence-electron chi connectivity index (χ3n) is 1.66. The van der Waals surface area contributed by atoms with Crippen LogP contribution in [-0.4, -0.2) is 17.1 Å². The van der Waals surface area contributed by atoms with E-state index in [-0.39, 0.29) is 16.3 Å². The predicted molar refractivity (Wildman–Crippen MR) is 42.4 cm³/mol. The van der Waals surface area contributed by atoms with Gasteiger partial charge in [-0.1, -0.05) is 0 Å². The number of aromatic amines is 1. The Bertz CT molecular complexity index is 530. The fourth-order valence-electron chi connectivity index (χ4n) is 1.04. The van der Waals surface area contributed by atoms with E-state index in [9.17, 15) is 9.59 Å². The lowest BCUT2D eigenvalue weighted by Gasteiger charge is -2.03. The molecule has 6 heteroatoms. The SMILES string of the molecule is NC1N=c2[nH]ccc(=O)c2=NC1=O. The van der Waals surface area contributed by atoms with Crippen LogP contribution in [0.15, 0.2) is 27.0 Å². The van der Waals surface area contributed by atoms with E-state index in [0.717, 1.165) is 0 Å². The third-order valence-corrected chi connectivity index (χ3v) is 1.66. The lowest BCUT2D eigenvalue weighted by Crippen LogP contribution is -2.48. The molecule has 1 atom stereocenters. The molecule has 2 heterocycles. The minimum absolute atomic E-state index is 0.0363. The van der Waals surface area contributed by atoms with Gasteiger partial charge in [0.1, 0.15) is 0 Å². The van der Waals surface area contributed by atoms with Gasteiger partial charge in [0.15, 0.2) is 17.0 Å². The molecule has 0 saturated heterocycles. The molecule has 0 saturated carbocycles. The van der Waals surface area contributed by atoms with E-state index >= 15 is 0 Å². The Morgan fingerprint density at radius 3 is 3.00 bits per heavy atom.